The summed E-state index contributed by atoms with van der Waals surface area (Å²) in [7, 11) is 0. The number of hydrogen-bond acceptors (Lipinski definition) is 3. The molecular weight excluding hydrogens is 244 g/mol. The fourth-order valence-corrected chi connectivity index (χ4v) is 3.12. The van der Waals surface area contributed by atoms with Crippen LogP contribution in [0.4, 0.5) is 0 Å². The second-order valence-electron chi connectivity index (χ2n) is 5.21. The Morgan fingerprint density at radius 2 is 2.21 bits per heavy atom. The molecule has 1 aromatic rings. The van der Waals surface area contributed by atoms with Crippen molar-refractivity contribution in [2.45, 2.75) is 44.8 Å². The van der Waals surface area contributed by atoms with E-state index in [1.54, 1.807) is 22.3 Å². The van der Waals surface area contributed by atoms with Gasteiger partial charge < -0.3 is 14.2 Å². The van der Waals surface area contributed by atoms with Gasteiger partial charge in [0.2, 0.25) is 11.8 Å². The lowest BCUT2D eigenvalue weighted by atomic mass is 10.0. The lowest BCUT2D eigenvalue weighted by Gasteiger charge is -2.41. The van der Waals surface area contributed by atoms with E-state index in [1.807, 2.05) is 13.0 Å². The third-order valence-electron chi connectivity index (χ3n) is 4.09. The zero-order valence-electron chi connectivity index (χ0n) is 11.0. The van der Waals surface area contributed by atoms with E-state index >= 15 is 0 Å². The summed E-state index contributed by atoms with van der Waals surface area (Å²) in [5.41, 5.74) is 0.936. The van der Waals surface area contributed by atoms with E-state index in [4.69, 9.17) is 4.42 Å². The number of amides is 2. The van der Waals surface area contributed by atoms with Crippen LogP contribution in [0.2, 0.25) is 0 Å². The molecule has 2 aliphatic heterocycles. The van der Waals surface area contributed by atoms with Crippen LogP contribution in [0.3, 0.4) is 0 Å². The third-order valence-corrected chi connectivity index (χ3v) is 4.09. The Morgan fingerprint density at radius 1 is 1.37 bits per heavy atom. The summed E-state index contributed by atoms with van der Waals surface area (Å²) < 4.78 is 5.04. The van der Waals surface area contributed by atoms with Gasteiger partial charge in [-0.1, -0.05) is 6.92 Å². The van der Waals surface area contributed by atoms with Gasteiger partial charge in [0, 0.05) is 18.7 Å². The predicted molar refractivity (Wildman–Crippen MR) is 68.1 cm³/mol. The minimum absolute atomic E-state index is 0.0881. The fourth-order valence-electron chi connectivity index (χ4n) is 3.12. The molecule has 0 aliphatic carbocycles. The quantitative estimate of drug-likeness (QED) is 0.827. The van der Waals surface area contributed by atoms with E-state index in [-0.39, 0.29) is 23.9 Å². The number of hydrogen-bond donors (Lipinski definition) is 0. The van der Waals surface area contributed by atoms with Gasteiger partial charge in [-0.2, -0.15) is 0 Å². The molecule has 2 atom stereocenters. The van der Waals surface area contributed by atoms with Crippen LogP contribution in [0.15, 0.2) is 23.0 Å². The minimum Gasteiger partial charge on any atom is -0.472 e. The van der Waals surface area contributed by atoms with Crippen LogP contribution in [0.25, 0.3) is 0 Å². The molecule has 2 unspecified atom stereocenters. The largest absolute Gasteiger partial charge is 0.472 e. The summed E-state index contributed by atoms with van der Waals surface area (Å²) in [5, 5.41) is 0. The van der Waals surface area contributed by atoms with Gasteiger partial charge in [0.25, 0.3) is 0 Å². The Kier molecular flexibility index (Phi) is 3.05. The van der Waals surface area contributed by atoms with Crippen LogP contribution in [0.5, 0.6) is 0 Å². The highest BCUT2D eigenvalue weighted by Gasteiger charge is 2.46. The Morgan fingerprint density at radius 3 is 2.89 bits per heavy atom. The highest BCUT2D eigenvalue weighted by molar-refractivity contribution is 5.97. The normalized spacial score (nSPS) is 27.0. The molecule has 0 bridgehead atoms. The molecule has 2 saturated heterocycles. The Balaban J connectivity index is 1.87. The van der Waals surface area contributed by atoms with Gasteiger partial charge >= 0.3 is 0 Å². The predicted octanol–water partition coefficient (Wildman–Crippen LogP) is 1.39. The average Bonchev–Trinajstić information content (AvgIpc) is 3.07. The van der Waals surface area contributed by atoms with Crippen LogP contribution >= 0.6 is 0 Å². The van der Waals surface area contributed by atoms with E-state index in [9.17, 15) is 9.59 Å². The molecule has 1 aromatic heterocycles. The smallest absolute Gasteiger partial charge is 0.246 e. The zero-order chi connectivity index (χ0) is 13.4. The number of piperazine rings is 1. The second-order valence-corrected chi connectivity index (χ2v) is 5.21. The van der Waals surface area contributed by atoms with Gasteiger partial charge in [-0.05, 0) is 25.3 Å². The molecule has 2 fully saturated rings. The number of carbonyl (C=O) groups excluding carboxylic acids is 2. The first-order valence-electron chi connectivity index (χ1n) is 6.84. The maximum atomic E-state index is 12.5. The highest BCUT2D eigenvalue weighted by atomic mass is 16.3. The van der Waals surface area contributed by atoms with E-state index in [0.717, 1.165) is 24.9 Å². The minimum atomic E-state index is -0.322. The monoisotopic (exact) mass is 262 g/mol. The van der Waals surface area contributed by atoms with Crippen molar-refractivity contribution in [3.05, 3.63) is 24.2 Å². The van der Waals surface area contributed by atoms with Crippen molar-refractivity contribution in [3.63, 3.8) is 0 Å². The maximum absolute atomic E-state index is 12.5. The van der Waals surface area contributed by atoms with Gasteiger partial charge in [-0.15, -0.1) is 0 Å². The molecule has 19 heavy (non-hydrogen) atoms. The summed E-state index contributed by atoms with van der Waals surface area (Å²) in [4.78, 5) is 28.5. The highest BCUT2D eigenvalue weighted by Crippen LogP contribution is 2.29. The lowest BCUT2D eigenvalue weighted by molar-refractivity contribution is -0.160. The van der Waals surface area contributed by atoms with Gasteiger partial charge in [0.15, 0.2) is 0 Å². The maximum Gasteiger partial charge on any atom is 0.246 e. The number of rotatable bonds is 3. The van der Waals surface area contributed by atoms with E-state index in [1.165, 1.54) is 0 Å². The van der Waals surface area contributed by atoms with Crippen LogP contribution in [0.1, 0.15) is 31.7 Å². The van der Waals surface area contributed by atoms with Crippen molar-refractivity contribution in [2.75, 3.05) is 6.54 Å². The molecule has 0 spiro atoms. The molecule has 5 nitrogen and oxygen atoms in total. The first kappa shape index (κ1) is 12.3. The van der Waals surface area contributed by atoms with Crippen LogP contribution in [-0.4, -0.2) is 40.2 Å². The number of nitrogens with zero attached hydrogens (tertiary/aromatic N) is 2. The molecular formula is C14H18N2O3. The average molecular weight is 262 g/mol. The van der Waals surface area contributed by atoms with Crippen LogP contribution < -0.4 is 0 Å². The van der Waals surface area contributed by atoms with Crippen LogP contribution in [0, 0.1) is 0 Å². The van der Waals surface area contributed by atoms with Crippen molar-refractivity contribution in [2.24, 2.45) is 0 Å². The van der Waals surface area contributed by atoms with Gasteiger partial charge in [-0.25, -0.2) is 0 Å². The van der Waals surface area contributed by atoms with Crippen molar-refractivity contribution >= 4 is 11.8 Å². The Hall–Kier alpha value is -1.78. The lowest BCUT2D eigenvalue weighted by Crippen LogP contribution is -2.62. The van der Waals surface area contributed by atoms with E-state index < -0.39 is 0 Å². The molecule has 0 saturated carbocycles. The first-order valence-corrected chi connectivity index (χ1v) is 6.84. The molecule has 0 aromatic carbocycles. The van der Waals surface area contributed by atoms with Crippen molar-refractivity contribution < 1.29 is 14.0 Å². The van der Waals surface area contributed by atoms with Gasteiger partial charge in [0.05, 0.1) is 12.5 Å². The van der Waals surface area contributed by atoms with Crippen LogP contribution in [-0.2, 0) is 16.1 Å². The van der Waals surface area contributed by atoms with Crippen molar-refractivity contribution in [3.8, 4) is 0 Å². The fraction of sp³-hybridized carbons (Fsp3) is 0.571. The van der Waals surface area contributed by atoms with Gasteiger partial charge in [-0.3, -0.25) is 9.59 Å². The zero-order valence-corrected chi connectivity index (χ0v) is 11.0. The SMILES string of the molecule is CCC1C(=O)N2CCCC2C(=O)N1Cc1ccoc1. The molecule has 5 heteroatoms. The van der Waals surface area contributed by atoms with Gasteiger partial charge in [0.1, 0.15) is 12.1 Å². The summed E-state index contributed by atoms with van der Waals surface area (Å²) in [6, 6.07) is 1.28. The molecule has 3 rings (SSSR count). The summed E-state index contributed by atoms with van der Waals surface area (Å²) in [6.45, 7) is 3.14. The molecule has 3 heterocycles. The molecule has 2 aliphatic rings. The molecule has 102 valence electrons. The van der Waals surface area contributed by atoms with E-state index in [0.29, 0.717) is 13.0 Å². The summed E-state index contributed by atoms with van der Waals surface area (Å²) in [5.74, 6) is 0.193. The topological polar surface area (TPSA) is 53.8 Å². The second kappa shape index (κ2) is 4.72. The summed E-state index contributed by atoms with van der Waals surface area (Å²) >= 11 is 0. The third kappa shape index (κ3) is 1.93. The number of furan rings is 1. The van der Waals surface area contributed by atoms with E-state index in [2.05, 4.69) is 0 Å². The number of carbonyl (C=O) groups is 2. The Bertz CT molecular complexity index is 483. The summed E-state index contributed by atoms with van der Waals surface area (Å²) in [6.07, 6.45) is 5.60. The van der Waals surface area contributed by atoms with Crippen molar-refractivity contribution in [1.82, 2.24) is 9.80 Å². The van der Waals surface area contributed by atoms with Crippen molar-refractivity contribution in [1.29, 1.82) is 0 Å². The standard InChI is InChI=1S/C14H18N2O3/c1-2-11-13(17)15-6-3-4-12(15)14(18)16(11)8-10-5-7-19-9-10/h5,7,9,11-12H,2-4,6,8H2,1H3. The molecule has 0 radical (unpaired) electrons. The molecule has 2 amide bonds. The molecule has 0 N–H and O–H groups in total. The number of fused-ring (bicyclic) bond motifs is 1. The Labute approximate surface area is 112 Å². The first-order chi connectivity index (χ1) is 9.22.